The Balaban J connectivity index is 1.92. The lowest BCUT2D eigenvalue weighted by Gasteiger charge is -2.17. The van der Waals surface area contributed by atoms with Gasteiger partial charge in [-0.05, 0) is 46.8 Å². The smallest absolute Gasteiger partial charge is 0.419 e. The third-order valence-electron chi connectivity index (χ3n) is 5.75. The zero-order valence-electron chi connectivity index (χ0n) is 19.5. The zero-order valence-corrected chi connectivity index (χ0v) is 20.4. The highest BCUT2D eigenvalue weighted by Crippen LogP contribution is 2.41. The predicted octanol–water partition coefficient (Wildman–Crippen LogP) is 7.49. The summed E-state index contributed by atoms with van der Waals surface area (Å²) in [5.41, 5.74) is -5.56. The molecule has 0 N–H and O–H groups in total. The Labute approximate surface area is 218 Å². The van der Waals surface area contributed by atoms with E-state index in [1.54, 1.807) is 0 Å². The van der Waals surface area contributed by atoms with Crippen molar-refractivity contribution in [1.82, 2.24) is 4.57 Å². The van der Waals surface area contributed by atoms with E-state index in [0.717, 1.165) is 47.3 Å². The summed E-state index contributed by atoms with van der Waals surface area (Å²) in [4.78, 5) is 13.1. The molecule has 39 heavy (non-hydrogen) atoms. The first kappa shape index (κ1) is 27.8. The van der Waals surface area contributed by atoms with Crippen LogP contribution in [-0.4, -0.2) is 11.7 Å². The Kier molecular flexibility index (Phi) is 7.27. The summed E-state index contributed by atoms with van der Waals surface area (Å²) in [6.45, 7) is -0.652. The van der Waals surface area contributed by atoms with Crippen LogP contribution in [0.4, 0.5) is 35.1 Å². The molecule has 4 nitrogen and oxygen atoms in total. The van der Waals surface area contributed by atoms with Gasteiger partial charge in [-0.25, -0.2) is 8.78 Å². The topological polar surface area (TPSA) is 55.0 Å². The fourth-order valence-corrected chi connectivity index (χ4v) is 4.83. The molecule has 4 aromatic rings. The number of nitrogens with zero attached hydrogens (tertiary/aromatic N) is 2. The number of benzene rings is 2. The maximum Gasteiger partial charge on any atom is 0.419 e. The number of methoxy groups -OCH3 is 1. The second-order valence-electron chi connectivity index (χ2n) is 8.17. The van der Waals surface area contributed by atoms with Gasteiger partial charge < -0.3 is 9.30 Å². The van der Waals surface area contributed by atoms with Crippen LogP contribution in [0.1, 0.15) is 22.3 Å². The molecule has 0 radical (unpaired) electrons. The minimum absolute atomic E-state index is 0.0176. The molecular weight excluding hydrogens is 556 g/mol. The van der Waals surface area contributed by atoms with Crippen molar-refractivity contribution in [3.63, 3.8) is 0 Å². The fraction of sp³-hybridized carbons (Fsp3) is 0.154. The lowest BCUT2D eigenvalue weighted by atomic mass is 10.0. The van der Waals surface area contributed by atoms with Crippen molar-refractivity contribution in [3.8, 4) is 33.5 Å². The zero-order chi connectivity index (χ0) is 28.7. The van der Waals surface area contributed by atoms with Crippen LogP contribution in [-0.2, 0) is 18.9 Å². The molecule has 0 fully saturated rings. The molecule has 0 bridgehead atoms. The summed E-state index contributed by atoms with van der Waals surface area (Å²) in [6.07, 6.45) is -9.86. The van der Waals surface area contributed by atoms with Crippen LogP contribution in [0.2, 0.25) is 0 Å². The number of rotatable bonds is 5. The third-order valence-corrected chi connectivity index (χ3v) is 6.70. The van der Waals surface area contributed by atoms with Gasteiger partial charge in [0.15, 0.2) is 0 Å². The number of nitriles is 1. The van der Waals surface area contributed by atoms with Gasteiger partial charge in [-0.3, -0.25) is 4.79 Å². The van der Waals surface area contributed by atoms with Crippen LogP contribution in [0.25, 0.3) is 21.7 Å². The van der Waals surface area contributed by atoms with Crippen molar-refractivity contribution in [2.45, 2.75) is 18.9 Å². The first-order chi connectivity index (χ1) is 18.2. The molecule has 0 saturated carbocycles. The van der Waals surface area contributed by atoms with E-state index >= 15 is 0 Å². The highest BCUT2D eigenvalue weighted by Gasteiger charge is 2.37. The lowest BCUT2D eigenvalue weighted by Crippen LogP contribution is -2.28. The molecular formula is C26H14F8N2O2S. The van der Waals surface area contributed by atoms with E-state index in [1.807, 2.05) is 0 Å². The monoisotopic (exact) mass is 570 g/mol. The second kappa shape index (κ2) is 10.2. The highest BCUT2D eigenvalue weighted by molar-refractivity contribution is 7.14. The van der Waals surface area contributed by atoms with Crippen molar-refractivity contribution in [3.05, 3.63) is 98.2 Å². The number of halogens is 8. The van der Waals surface area contributed by atoms with Crippen molar-refractivity contribution >= 4 is 11.3 Å². The van der Waals surface area contributed by atoms with E-state index in [9.17, 15) is 45.2 Å². The molecule has 0 aliphatic heterocycles. The minimum atomic E-state index is -5.10. The van der Waals surface area contributed by atoms with Gasteiger partial charge in [0.05, 0.1) is 35.4 Å². The molecule has 2 aromatic heterocycles. The van der Waals surface area contributed by atoms with E-state index in [-0.39, 0.29) is 27.3 Å². The Morgan fingerprint density at radius 1 is 0.923 bits per heavy atom. The maximum absolute atomic E-state index is 14.4. The van der Waals surface area contributed by atoms with Crippen LogP contribution >= 0.6 is 11.3 Å². The number of alkyl halides is 6. The summed E-state index contributed by atoms with van der Waals surface area (Å²) in [7, 11) is 1.07. The highest BCUT2D eigenvalue weighted by atomic mass is 32.1. The first-order valence-corrected chi connectivity index (χ1v) is 11.7. The normalized spacial score (nSPS) is 11.9. The van der Waals surface area contributed by atoms with Crippen LogP contribution in [0.15, 0.2) is 58.7 Å². The molecule has 2 heterocycles. The third kappa shape index (κ3) is 5.51. The van der Waals surface area contributed by atoms with Crippen LogP contribution in [0, 0.1) is 23.0 Å². The quantitative estimate of drug-likeness (QED) is 0.234. The van der Waals surface area contributed by atoms with E-state index in [0.29, 0.717) is 12.1 Å². The predicted molar refractivity (Wildman–Crippen MR) is 126 cm³/mol. The molecule has 0 amide bonds. The molecule has 0 aliphatic rings. The average Bonchev–Trinajstić information content (AvgIpc) is 3.35. The number of pyridine rings is 1. The Hall–Kier alpha value is -4.18. The number of aromatic nitrogens is 1. The van der Waals surface area contributed by atoms with Crippen LogP contribution < -0.4 is 10.3 Å². The van der Waals surface area contributed by atoms with Crippen molar-refractivity contribution in [1.29, 1.82) is 5.26 Å². The van der Waals surface area contributed by atoms with Crippen molar-refractivity contribution in [2.24, 2.45) is 0 Å². The van der Waals surface area contributed by atoms with E-state index in [2.05, 4.69) is 0 Å². The van der Waals surface area contributed by atoms with Gasteiger partial charge in [-0.15, -0.1) is 11.3 Å². The fourth-order valence-electron chi connectivity index (χ4n) is 3.89. The van der Waals surface area contributed by atoms with Crippen molar-refractivity contribution < 1.29 is 39.9 Å². The molecule has 0 spiro atoms. The molecule has 2 aromatic carbocycles. The Morgan fingerprint density at radius 3 is 2.21 bits per heavy atom. The number of hydrogen-bond acceptors (Lipinski definition) is 4. The number of hydrogen-bond donors (Lipinski definition) is 0. The molecule has 0 atom stereocenters. The van der Waals surface area contributed by atoms with Gasteiger partial charge in [-0.1, -0.05) is 12.1 Å². The molecule has 0 unspecified atom stereocenters. The van der Waals surface area contributed by atoms with E-state index in [1.165, 1.54) is 23.6 Å². The Morgan fingerprint density at radius 2 is 1.62 bits per heavy atom. The van der Waals surface area contributed by atoms with Gasteiger partial charge in [0, 0.05) is 11.6 Å². The van der Waals surface area contributed by atoms with E-state index in [4.69, 9.17) is 4.74 Å². The molecule has 13 heteroatoms. The molecule has 0 aliphatic carbocycles. The molecule has 0 saturated heterocycles. The molecule has 4 rings (SSSR count). The maximum atomic E-state index is 14.4. The number of thiophene rings is 1. The first-order valence-electron chi connectivity index (χ1n) is 10.8. The summed E-state index contributed by atoms with van der Waals surface area (Å²) in [6, 6.07) is 8.70. The number of ether oxygens (including phenoxy) is 1. The van der Waals surface area contributed by atoms with Gasteiger partial charge in [0.25, 0.3) is 5.56 Å². The Bertz CT molecular complexity index is 1660. The summed E-state index contributed by atoms with van der Waals surface area (Å²) < 4.78 is 115. The lowest BCUT2D eigenvalue weighted by molar-refractivity contribution is -0.139. The summed E-state index contributed by atoms with van der Waals surface area (Å²) in [5.74, 6) is -2.43. The average molecular weight is 570 g/mol. The minimum Gasteiger partial charge on any atom is -0.496 e. The second-order valence-corrected chi connectivity index (χ2v) is 9.08. The summed E-state index contributed by atoms with van der Waals surface area (Å²) >= 11 is 0.817. The standard InChI is InChI=1S/C26H14F8N2O2S/c1-38-22-5-3-13(6-19(22)26(32,33)34)15-7-23(39-12-15)21-9-18(25(29,30)31)17(10-35)24(37)36(21)11-14-2-4-16(27)8-20(14)28/h2-9,12H,11H2,1H3. The SMILES string of the molecule is COc1ccc(-c2csc(-c3cc(C(F)(F)F)c(C#N)c(=O)n3Cc3ccc(F)cc3F)c2)cc1C(F)(F)F. The van der Waals surface area contributed by atoms with Crippen LogP contribution in [0.3, 0.4) is 0 Å². The van der Waals surface area contributed by atoms with Crippen LogP contribution in [0.5, 0.6) is 5.75 Å². The van der Waals surface area contributed by atoms with Gasteiger partial charge in [0.1, 0.15) is 29.0 Å². The van der Waals surface area contributed by atoms with Gasteiger partial charge in [-0.2, -0.15) is 31.6 Å². The van der Waals surface area contributed by atoms with E-state index < -0.39 is 58.5 Å². The van der Waals surface area contributed by atoms with Crippen molar-refractivity contribution in [2.75, 3.05) is 7.11 Å². The largest absolute Gasteiger partial charge is 0.496 e. The molecule has 202 valence electrons. The van der Waals surface area contributed by atoms with Gasteiger partial charge in [0.2, 0.25) is 0 Å². The van der Waals surface area contributed by atoms with Gasteiger partial charge >= 0.3 is 12.4 Å². The summed E-state index contributed by atoms with van der Waals surface area (Å²) in [5, 5.41) is 10.7.